The van der Waals surface area contributed by atoms with Crippen LogP contribution in [0.5, 0.6) is 0 Å². The van der Waals surface area contributed by atoms with Crippen molar-refractivity contribution in [3.8, 4) is 0 Å². The number of carbonyl (C=O) groups is 2. The van der Waals surface area contributed by atoms with Gasteiger partial charge in [-0.1, -0.05) is 12.1 Å². The van der Waals surface area contributed by atoms with Gasteiger partial charge in [-0.2, -0.15) is 0 Å². The van der Waals surface area contributed by atoms with Gasteiger partial charge in [0.1, 0.15) is 11.2 Å². The van der Waals surface area contributed by atoms with Gasteiger partial charge in [0.2, 0.25) is 0 Å². The number of amides is 1. The molecular formula is C21H25N3O4. The van der Waals surface area contributed by atoms with Crippen molar-refractivity contribution in [2.24, 2.45) is 0 Å². The summed E-state index contributed by atoms with van der Waals surface area (Å²) in [6.07, 6.45) is 0. The molecule has 0 radical (unpaired) electrons. The van der Waals surface area contributed by atoms with Gasteiger partial charge in [0.15, 0.2) is 0 Å². The fourth-order valence-corrected chi connectivity index (χ4v) is 4.37. The van der Waals surface area contributed by atoms with Crippen LogP contribution in [-0.2, 0) is 23.4 Å². The first-order valence-electron chi connectivity index (χ1n) is 9.41. The first-order chi connectivity index (χ1) is 13.3. The molecule has 0 saturated carbocycles. The Morgan fingerprint density at radius 1 is 1.18 bits per heavy atom. The third kappa shape index (κ3) is 2.82. The van der Waals surface area contributed by atoms with Gasteiger partial charge in [0.25, 0.3) is 5.91 Å². The van der Waals surface area contributed by atoms with Crippen LogP contribution in [0.3, 0.4) is 0 Å². The van der Waals surface area contributed by atoms with Crippen molar-refractivity contribution >= 4 is 11.9 Å². The van der Waals surface area contributed by atoms with Crippen LogP contribution in [0.15, 0.2) is 30.3 Å². The molecule has 2 aromatic rings. The van der Waals surface area contributed by atoms with Gasteiger partial charge in [0.05, 0.1) is 13.2 Å². The maximum atomic E-state index is 12.1. The number of aryl methyl sites for hydroxylation is 1. The van der Waals surface area contributed by atoms with Crippen LogP contribution in [0.4, 0.5) is 0 Å². The Morgan fingerprint density at radius 2 is 1.86 bits per heavy atom. The van der Waals surface area contributed by atoms with E-state index in [4.69, 9.17) is 4.74 Å². The predicted molar refractivity (Wildman–Crippen MR) is 103 cm³/mol. The molecule has 1 saturated heterocycles. The van der Waals surface area contributed by atoms with Crippen molar-refractivity contribution in [1.82, 2.24) is 14.4 Å². The SMILES string of the molecule is Cc1cc(C(=O)O)n2c1C1(COC1)N(Cc1ccc(C(=O)N(C)C)cc1)CC2. The smallest absolute Gasteiger partial charge is 0.352 e. The second kappa shape index (κ2) is 6.76. The number of carboxylic acids is 1. The van der Waals surface area contributed by atoms with E-state index in [-0.39, 0.29) is 11.4 Å². The van der Waals surface area contributed by atoms with Crippen molar-refractivity contribution in [3.05, 3.63) is 58.4 Å². The zero-order chi connectivity index (χ0) is 20.1. The molecule has 7 heteroatoms. The lowest BCUT2D eigenvalue weighted by molar-refractivity contribution is -0.163. The summed E-state index contributed by atoms with van der Waals surface area (Å²) in [7, 11) is 3.49. The number of aromatic nitrogens is 1. The topological polar surface area (TPSA) is 75.0 Å². The van der Waals surface area contributed by atoms with Gasteiger partial charge < -0.3 is 19.3 Å². The fraction of sp³-hybridized carbons (Fsp3) is 0.429. The highest BCUT2D eigenvalue weighted by molar-refractivity contribution is 5.93. The summed E-state index contributed by atoms with van der Waals surface area (Å²) in [6, 6.07) is 9.48. The number of carbonyl (C=O) groups excluding carboxylic acids is 1. The average molecular weight is 383 g/mol. The molecule has 1 aromatic carbocycles. The Kier molecular flexibility index (Phi) is 4.51. The van der Waals surface area contributed by atoms with Crippen LogP contribution >= 0.6 is 0 Å². The van der Waals surface area contributed by atoms with Crippen LogP contribution in [0, 0.1) is 6.92 Å². The third-order valence-electron chi connectivity index (χ3n) is 5.81. The fourth-order valence-electron chi connectivity index (χ4n) is 4.37. The lowest BCUT2D eigenvalue weighted by Gasteiger charge is -2.53. The number of hydrogen-bond acceptors (Lipinski definition) is 4. The largest absolute Gasteiger partial charge is 0.477 e. The predicted octanol–water partition coefficient (Wildman–Crippen LogP) is 1.94. The summed E-state index contributed by atoms with van der Waals surface area (Å²) in [5.74, 6) is -0.901. The van der Waals surface area contributed by atoms with Crippen LogP contribution in [-0.4, -0.2) is 65.2 Å². The highest BCUT2D eigenvalue weighted by Gasteiger charge is 2.51. The molecule has 148 valence electrons. The number of rotatable bonds is 4. The Morgan fingerprint density at radius 3 is 2.39 bits per heavy atom. The van der Waals surface area contributed by atoms with E-state index in [1.165, 1.54) is 0 Å². The molecule has 1 amide bonds. The summed E-state index contributed by atoms with van der Waals surface area (Å²) in [5, 5.41) is 9.53. The molecular weight excluding hydrogens is 358 g/mol. The van der Waals surface area contributed by atoms with Gasteiger partial charge in [-0.25, -0.2) is 4.79 Å². The van der Waals surface area contributed by atoms with E-state index in [9.17, 15) is 14.7 Å². The highest BCUT2D eigenvalue weighted by Crippen LogP contribution is 2.42. The van der Waals surface area contributed by atoms with Gasteiger partial charge in [-0.15, -0.1) is 0 Å². The summed E-state index contributed by atoms with van der Waals surface area (Å²) < 4.78 is 7.53. The Balaban J connectivity index is 1.62. The van der Waals surface area contributed by atoms with E-state index < -0.39 is 5.97 Å². The molecule has 0 atom stereocenters. The van der Waals surface area contributed by atoms with Gasteiger partial charge in [0, 0.05) is 45.0 Å². The van der Waals surface area contributed by atoms with Crippen molar-refractivity contribution < 1.29 is 19.4 Å². The highest BCUT2D eigenvalue weighted by atomic mass is 16.5. The maximum Gasteiger partial charge on any atom is 0.352 e. The standard InChI is InChI=1S/C21H25N3O4/c1-14-10-17(20(26)27)24-9-8-23(21(18(14)24)12-28-13-21)11-15-4-6-16(7-5-15)19(25)22(2)3/h4-7,10H,8-9,11-13H2,1-3H3,(H,26,27). The molecule has 2 aliphatic heterocycles. The van der Waals surface area contributed by atoms with Crippen LogP contribution < -0.4 is 0 Å². The number of aromatic carboxylic acids is 1. The molecule has 1 aromatic heterocycles. The minimum absolute atomic E-state index is 0.0111. The summed E-state index contributed by atoms with van der Waals surface area (Å²) >= 11 is 0. The van der Waals surface area contributed by atoms with E-state index >= 15 is 0 Å². The molecule has 4 rings (SSSR count). The van der Waals surface area contributed by atoms with Crippen LogP contribution in [0.1, 0.15) is 37.7 Å². The summed E-state index contributed by atoms with van der Waals surface area (Å²) in [6.45, 7) is 5.23. The van der Waals surface area contributed by atoms with Crippen LogP contribution in [0.25, 0.3) is 0 Å². The van der Waals surface area contributed by atoms with Crippen molar-refractivity contribution in [1.29, 1.82) is 0 Å². The molecule has 28 heavy (non-hydrogen) atoms. The molecule has 3 heterocycles. The molecule has 2 aliphatic rings. The average Bonchev–Trinajstić information content (AvgIpc) is 2.98. The minimum atomic E-state index is -0.890. The first kappa shape index (κ1) is 18.7. The second-order valence-electron chi connectivity index (χ2n) is 7.86. The van der Waals surface area contributed by atoms with Gasteiger partial charge in [-0.3, -0.25) is 9.69 Å². The van der Waals surface area contributed by atoms with E-state index in [1.807, 2.05) is 35.8 Å². The molecule has 1 spiro atoms. The lowest BCUT2D eigenvalue weighted by Crippen LogP contribution is -2.63. The Hall–Kier alpha value is -2.64. The number of carboxylic acid groups (broad SMARTS) is 1. The Labute approximate surface area is 164 Å². The van der Waals surface area contributed by atoms with E-state index in [0.717, 1.165) is 29.9 Å². The minimum Gasteiger partial charge on any atom is -0.477 e. The zero-order valence-corrected chi connectivity index (χ0v) is 16.4. The molecule has 7 nitrogen and oxygen atoms in total. The molecule has 0 aliphatic carbocycles. The normalized spacial score (nSPS) is 17.8. The molecule has 1 fully saturated rings. The van der Waals surface area contributed by atoms with Crippen molar-refractivity contribution in [3.63, 3.8) is 0 Å². The number of nitrogens with zero attached hydrogens (tertiary/aromatic N) is 3. The number of ether oxygens (including phenoxy) is 1. The number of hydrogen-bond donors (Lipinski definition) is 1. The third-order valence-corrected chi connectivity index (χ3v) is 5.81. The van der Waals surface area contributed by atoms with Crippen molar-refractivity contribution in [2.45, 2.75) is 25.6 Å². The monoisotopic (exact) mass is 383 g/mol. The van der Waals surface area contributed by atoms with Gasteiger partial charge in [-0.05, 0) is 36.2 Å². The first-order valence-corrected chi connectivity index (χ1v) is 9.41. The van der Waals surface area contributed by atoms with E-state index in [0.29, 0.717) is 31.0 Å². The summed E-state index contributed by atoms with van der Waals surface area (Å²) in [5.41, 5.74) is 3.92. The van der Waals surface area contributed by atoms with Crippen molar-refractivity contribution in [2.75, 3.05) is 33.9 Å². The number of fused-ring (bicyclic) bond motifs is 2. The second-order valence-corrected chi connectivity index (χ2v) is 7.86. The molecule has 1 N–H and O–H groups in total. The van der Waals surface area contributed by atoms with E-state index in [2.05, 4.69) is 4.90 Å². The molecule has 0 unspecified atom stereocenters. The zero-order valence-electron chi connectivity index (χ0n) is 16.4. The quantitative estimate of drug-likeness (QED) is 0.873. The molecule has 0 bridgehead atoms. The van der Waals surface area contributed by atoms with E-state index in [1.54, 1.807) is 25.1 Å². The Bertz CT molecular complexity index is 926. The van der Waals surface area contributed by atoms with Crippen LogP contribution in [0.2, 0.25) is 0 Å². The maximum absolute atomic E-state index is 12.1. The lowest BCUT2D eigenvalue weighted by atomic mass is 9.86. The van der Waals surface area contributed by atoms with Gasteiger partial charge >= 0.3 is 5.97 Å². The number of benzene rings is 1. The summed E-state index contributed by atoms with van der Waals surface area (Å²) in [4.78, 5) is 27.6.